The van der Waals surface area contributed by atoms with Crippen LogP contribution in [0.4, 0.5) is 0 Å². The van der Waals surface area contributed by atoms with Gasteiger partial charge in [-0.15, -0.1) is 0 Å². The molecule has 3 N–H and O–H groups in total. The number of hydrogen-bond donors (Lipinski definition) is 2. The molecule has 1 aromatic carbocycles. The summed E-state index contributed by atoms with van der Waals surface area (Å²) in [6, 6.07) is 7.99. The zero-order valence-corrected chi connectivity index (χ0v) is 14.5. The Balaban J connectivity index is 2.07. The highest BCUT2D eigenvalue weighted by atomic mass is 79.9. The van der Waals surface area contributed by atoms with Crippen LogP contribution in [0, 0.1) is 5.92 Å². The van der Waals surface area contributed by atoms with Gasteiger partial charge in [0.2, 0.25) is 10.0 Å². The summed E-state index contributed by atoms with van der Waals surface area (Å²) in [4.78, 5) is 0. The number of piperidine rings is 1. The van der Waals surface area contributed by atoms with Gasteiger partial charge in [-0.25, -0.2) is 12.7 Å². The summed E-state index contributed by atoms with van der Waals surface area (Å²) in [7, 11) is -3.10. The SMILES string of the molecule is CS(=O)(=O)N1CCCC(CC(NN)c2ccccc2Br)C1. The molecule has 0 aliphatic carbocycles. The molecule has 1 saturated heterocycles. The van der Waals surface area contributed by atoms with Crippen molar-refractivity contribution in [2.45, 2.75) is 25.3 Å². The Bertz CT molecular complexity index is 579. The van der Waals surface area contributed by atoms with Crippen LogP contribution in [0.25, 0.3) is 0 Å². The summed E-state index contributed by atoms with van der Waals surface area (Å²) in [6.45, 7) is 1.21. The van der Waals surface area contributed by atoms with Gasteiger partial charge in [-0.2, -0.15) is 0 Å². The van der Waals surface area contributed by atoms with Crippen molar-refractivity contribution in [3.05, 3.63) is 34.3 Å². The standard InChI is InChI=1S/C14H22BrN3O2S/c1-21(19,20)18-8-4-5-11(10-18)9-14(17-16)12-6-2-3-7-13(12)15/h2-3,6-7,11,14,17H,4-5,8-10,16H2,1H3. The first-order valence-corrected chi connectivity index (χ1v) is 9.71. The van der Waals surface area contributed by atoms with Gasteiger partial charge in [0.25, 0.3) is 0 Å². The molecule has 1 aliphatic heterocycles. The molecule has 21 heavy (non-hydrogen) atoms. The smallest absolute Gasteiger partial charge is 0.211 e. The molecule has 0 bridgehead atoms. The number of benzene rings is 1. The fraction of sp³-hybridized carbons (Fsp3) is 0.571. The summed E-state index contributed by atoms with van der Waals surface area (Å²) in [5.74, 6) is 6.03. The van der Waals surface area contributed by atoms with Crippen LogP contribution in [-0.4, -0.2) is 32.1 Å². The highest BCUT2D eigenvalue weighted by Crippen LogP contribution is 2.31. The van der Waals surface area contributed by atoms with E-state index in [0.29, 0.717) is 19.0 Å². The Labute approximate surface area is 135 Å². The molecule has 1 fully saturated rings. The molecule has 5 nitrogen and oxygen atoms in total. The van der Waals surface area contributed by atoms with E-state index in [4.69, 9.17) is 5.84 Å². The van der Waals surface area contributed by atoms with E-state index in [2.05, 4.69) is 21.4 Å². The van der Waals surface area contributed by atoms with E-state index >= 15 is 0 Å². The number of nitrogens with two attached hydrogens (primary N) is 1. The molecular weight excluding hydrogens is 354 g/mol. The van der Waals surface area contributed by atoms with Crippen LogP contribution in [0.3, 0.4) is 0 Å². The maximum atomic E-state index is 11.7. The number of hydrogen-bond acceptors (Lipinski definition) is 4. The van der Waals surface area contributed by atoms with Gasteiger partial charge in [0, 0.05) is 23.6 Å². The van der Waals surface area contributed by atoms with E-state index in [1.165, 1.54) is 6.26 Å². The molecule has 0 amide bonds. The summed E-state index contributed by atoms with van der Waals surface area (Å²) >= 11 is 3.54. The molecule has 118 valence electrons. The zero-order chi connectivity index (χ0) is 15.5. The lowest BCUT2D eigenvalue weighted by Crippen LogP contribution is -2.41. The quantitative estimate of drug-likeness (QED) is 0.609. The third kappa shape index (κ3) is 4.50. The van der Waals surface area contributed by atoms with Crippen molar-refractivity contribution >= 4 is 26.0 Å². The zero-order valence-electron chi connectivity index (χ0n) is 12.1. The molecule has 2 unspecified atom stereocenters. The summed E-state index contributed by atoms with van der Waals surface area (Å²) < 4.78 is 26.0. The van der Waals surface area contributed by atoms with Crippen molar-refractivity contribution in [3.63, 3.8) is 0 Å². The van der Waals surface area contributed by atoms with Gasteiger partial charge < -0.3 is 0 Å². The molecule has 1 heterocycles. The Morgan fingerprint density at radius 2 is 2.19 bits per heavy atom. The summed E-state index contributed by atoms with van der Waals surface area (Å²) in [5, 5.41) is 0. The van der Waals surface area contributed by atoms with Gasteiger partial charge in [0.1, 0.15) is 0 Å². The van der Waals surface area contributed by atoms with Crippen LogP contribution < -0.4 is 11.3 Å². The minimum Gasteiger partial charge on any atom is -0.271 e. The van der Waals surface area contributed by atoms with Gasteiger partial charge in [0.15, 0.2) is 0 Å². The molecule has 0 aromatic heterocycles. The van der Waals surface area contributed by atoms with Crippen molar-refractivity contribution in [1.82, 2.24) is 9.73 Å². The van der Waals surface area contributed by atoms with Crippen LogP contribution >= 0.6 is 15.9 Å². The van der Waals surface area contributed by atoms with Crippen molar-refractivity contribution < 1.29 is 8.42 Å². The predicted molar refractivity (Wildman–Crippen MR) is 88.0 cm³/mol. The normalized spacial score (nSPS) is 22.1. The number of hydrazine groups is 1. The topological polar surface area (TPSA) is 75.4 Å². The summed E-state index contributed by atoms with van der Waals surface area (Å²) in [5.41, 5.74) is 3.97. The largest absolute Gasteiger partial charge is 0.271 e. The Morgan fingerprint density at radius 1 is 1.48 bits per heavy atom. The molecule has 0 radical (unpaired) electrons. The number of sulfonamides is 1. The highest BCUT2D eigenvalue weighted by Gasteiger charge is 2.28. The molecule has 2 rings (SSSR count). The Hall–Kier alpha value is -0.470. The molecule has 0 saturated carbocycles. The average Bonchev–Trinajstić information content (AvgIpc) is 2.45. The molecule has 1 aliphatic rings. The van der Waals surface area contributed by atoms with Gasteiger partial charge in [-0.05, 0) is 36.8 Å². The molecule has 7 heteroatoms. The van der Waals surface area contributed by atoms with Crippen molar-refractivity contribution in [3.8, 4) is 0 Å². The molecule has 1 aromatic rings. The van der Waals surface area contributed by atoms with E-state index in [9.17, 15) is 8.42 Å². The lowest BCUT2D eigenvalue weighted by Gasteiger charge is -2.33. The first-order valence-electron chi connectivity index (χ1n) is 7.07. The van der Waals surface area contributed by atoms with Gasteiger partial charge >= 0.3 is 0 Å². The number of nitrogens with one attached hydrogen (secondary N) is 1. The highest BCUT2D eigenvalue weighted by molar-refractivity contribution is 9.10. The number of halogens is 1. The maximum Gasteiger partial charge on any atom is 0.211 e. The van der Waals surface area contributed by atoms with Crippen LogP contribution in [0.2, 0.25) is 0 Å². The van der Waals surface area contributed by atoms with E-state index in [1.807, 2.05) is 24.3 Å². The van der Waals surface area contributed by atoms with Crippen molar-refractivity contribution in [2.75, 3.05) is 19.3 Å². The van der Waals surface area contributed by atoms with Gasteiger partial charge in [0.05, 0.1) is 6.26 Å². The molecule has 0 spiro atoms. The number of rotatable bonds is 5. The van der Waals surface area contributed by atoms with E-state index in [1.54, 1.807) is 4.31 Å². The lowest BCUT2D eigenvalue weighted by atomic mass is 9.90. The van der Waals surface area contributed by atoms with E-state index in [0.717, 1.165) is 29.3 Å². The van der Waals surface area contributed by atoms with Crippen molar-refractivity contribution in [2.24, 2.45) is 11.8 Å². The average molecular weight is 376 g/mol. The first-order chi connectivity index (χ1) is 9.91. The fourth-order valence-electron chi connectivity index (χ4n) is 2.90. The van der Waals surface area contributed by atoms with E-state index < -0.39 is 10.0 Å². The van der Waals surface area contributed by atoms with E-state index in [-0.39, 0.29) is 6.04 Å². The Kier molecular flexibility index (Phi) is 5.79. The van der Waals surface area contributed by atoms with Gasteiger partial charge in [-0.1, -0.05) is 34.1 Å². The second-order valence-corrected chi connectivity index (χ2v) is 8.44. The second-order valence-electron chi connectivity index (χ2n) is 5.61. The van der Waals surface area contributed by atoms with Crippen LogP contribution in [0.5, 0.6) is 0 Å². The molecule has 2 atom stereocenters. The summed E-state index contributed by atoms with van der Waals surface area (Å²) in [6.07, 6.45) is 4.05. The van der Waals surface area contributed by atoms with Crippen LogP contribution in [-0.2, 0) is 10.0 Å². The second kappa shape index (κ2) is 7.19. The predicted octanol–water partition coefficient (Wildman–Crippen LogP) is 2.02. The van der Waals surface area contributed by atoms with Crippen LogP contribution in [0.15, 0.2) is 28.7 Å². The monoisotopic (exact) mass is 375 g/mol. The van der Waals surface area contributed by atoms with Crippen molar-refractivity contribution in [1.29, 1.82) is 0 Å². The lowest BCUT2D eigenvalue weighted by molar-refractivity contribution is 0.238. The Morgan fingerprint density at radius 3 is 2.81 bits per heavy atom. The maximum absolute atomic E-state index is 11.7. The third-order valence-electron chi connectivity index (χ3n) is 4.00. The molecular formula is C14H22BrN3O2S. The third-order valence-corrected chi connectivity index (χ3v) is 5.99. The van der Waals surface area contributed by atoms with Gasteiger partial charge in [-0.3, -0.25) is 11.3 Å². The first kappa shape index (κ1) is 16.9. The minimum absolute atomic E-state index is 0.0186. The van der Waals surface area contributed by atoms with Crippen LogP contribution in [0.1, 0.15) is 30.9 Å². The number of nitrogens with zero attached hydrogens (tertiary/aromatic N) is 1. The minimum atomic E-state index is -3.10. The fourth-order valence-corrected chi connectivity index (χ4v) is 4.40.